The molecule has 0 fully saturated rings. The number of carbonyl (C=O) groups excluding carboxylic acids is 2. The zero-order chi connectivity index (χ0) is 38.6. The molecule has 0 aliphatic heterocycles. The van der Waals surface area contributed by atoms with E-state index in [0.717, 1.165) is 32.1 Å². The molecular weight excluding hydrogens is 677 g/mol. The maximum Gasteiger partial charge on any atom is 0.306 e. The Hall–Kier alpha value is -0.990. The molecule has 0 aromatic heterocycles. The van der Waals surface area contributed by atoms with Crippen LogP contribution < -0.4 is 4.89 Å². The number of hydrogen-bond acceptors (Lipinski definition) is 8. The van der Waals surface area contributed by atoms with Crippen LogP contribution in [0, 0.1) is 0 Å². The van der Waals surface area contributed by atoms with Crippen LogP contribution in [0.15, 0.2) is 0 Å². The first-order valence-corrected chi connectivity index (χ1v) is 23.2. The van der Waals surface area contributed by atoms with Crippen molar-refractivity contribution in [3.05, 3.63) is 0 Å². The Balaban J connectivity index is 4.33. The fourth-order valence-electron chi connectivity index (χ4n) is 6.18. The van der Waals surface area contributed by atoms with Crippen molar-refractivity contribution in [1.29, 1.82) is 0 Å². The third kappa shape index (κ3) is 38.7. The molecule has 0 saturated carbocycles. The molecule has 0 bridgehead atoms. The lowest BCUT2D eigenvalue weighted by Gasteiger charge is -2.28. The van der Waals surface area contributed by atoms with Crippen molar-refractivity contribution in [3.63, 3.8) is 0 Å². The summed E-state index contributed by atoms with van der Waals surface area (Å²) >= 11 is 0. The van der Waals surface area contributed by atoms with E-state index in [0.29, 0.717) is 17.4 Å². The molecule has 0 aromatic rings. The highest BCUT2D eigenvalue weighted by molar-refractivity contribution is 7.45. The molecule has 0 heterocycles. The highest BCUT2D eigenvalue weighted by Gasteiger charge is 2.21. The van der Waals surface area contributed by atoms with E-state index in [1.165, 1.54) is 141 Å². The molecule has 10 heteroatoms. The molecule has 0 saturated heterocycles. The largest absolute Gasteiger partial charge is 0.756 e. The van der Waals surface area contributed by atoms with Crippen molar-refractivity contribution in [2.75, 3.05) is 47.5 Å². The lowest BCUT2D eigenvalue weighted by molar-refractivity contribution is -0.870. The van der Waals surface area contributed by atoms with Crippen molar-refractivity contribution in [2.45, 2.75) is 213 Å². The van der Waals surface area contributed by atoms with Gasteiger partial charge in [-0.05, 0) is 12.8 Å². The average Bonchev–Trinajstić information content (AvgIpc) is 3.09. The number of phosphoric ester groups is 1. The number of nitrogens with zero attached hydrogens (tertiary/aromatic N) is 1. The van der Waals surface area contributed by atoms with Gasteiger partial charge in [0.2, 0.25) is 0 Å². The Morgan fingerprint density at radius 3 is 1.23 bits per heavy atom. The van der Waals surface area contributed by atoms with Gasteiger partial charge in [0.05, 0.1) is 27.7 Å². The van der Waals surface area contributed by atoms with Gasteiger partial charge in [-0.25, -0.2) is 0 Å². The van der Waals surface area contributed by atoms with Gasteiger partial charge in [0.25, 0.3) is 7.82 Å². The van der Waals surface area contributed by atoms with Crippen LogP contribution in [0.2, 0.25) is 0 Å². The lowest BCUT2D eigenvalue weighted by Crippen LogP contribution is -2.37. The van der Waals surface area contributed by atoms with Crippen LogP contribution in [-0.4, -0.2) is 70.0 Å². The first kappa shape index (κ1) is 51.0. The van der Waals surface area contributed by atoms with Crippen molar-refractivity contribution >= 4 is 19.8 Å². The number of esters is 2. The molecule has 2 atom stereocenters. The number of likely N-dealkylation sites (N-methyl/N-ethyl adjacent to an activating group) is 1. The summed E-state index contributed by atoms with van der Waals surface area (Å²) in [5.74, 6) is -0.821. The predicted molar refractivity (Wildman–Crippen MR) is 213 cm³/mol. The van der Waals surface area contributed by atoms with Crippen molar-refractivity contribution < 1.29 is 42.1 Å². The van der Waals surface area contributed by atoms with E-state index >= 15 is 0 Å². The Morgan fingerprint density at radius 1 is 0.519 bits per heavy atom. The minimum absolute atomic E-state index is 0.0258. The maximum absolute atomic E-state index is 12.6. The van der Waals surface area contributed by atoms with Crippen LogP contribution >= 0.6 is 7.82 Å². The van der Waals surface area contributed by atoms with Gasteiger partial charge in [0.15, 0.2) is 6.10 Å². The van der Waals surface area contributed by atoms with Crippen molar-refractivity contribution in [2.24, 2.45) is 0 Å². The van der Waals surface area contributed by atoms with E-state index in [-0.39, 0.29) is 32.0 Å². The third-order valence-electron chi connectivity index (χ3n) is 9.63. The number of ether oxygens (including phenoxy) is 2. The SMILES string of the molecule is CCCCCCCCCCCCCCCCC(=O)OCC(COP(=O)([O-])OCC[N+](C)(C)C)OC(=O)CCCCCCCCCCCCCCCC. The molecule has 0 N–H and O–H groups in total. The van der Waals surface area contributed by atoms with Crippen molar-refractivity contribution in [3.8, 4) is 0 Å². The summed E-state index contributed by atoms with van der Waals surface area (Å²) in [5, 5.41) is 0. The first-order valence-electron chi connectivity index (χ1n) is 21.7. The molecule has 0 amide bonds. The van der Waals surface area contributed by atoms with Gasteiger partial charge < -0.3 is 27.9 Å². The summed E-state index contributed by atoms with van der Waals surface area (Å²) in [6.07, 6.45) is 34.0. The summed E-state index contributed by atoms with van der Waals surface area (Å²) in [5.41, 5.74) is 0. The normalized spacial score (nSPS) is 13.6. The number of quaternary nitrogens is 1. The molecule has 310 valence electrons. The van der Waals surface area contributed by atoms with E-state index in [9.17, 15) is 19.0 Å². The predicted octanol–water partition coefficient (Wildman–Crippen LogP) is 11.4. The van der Waals surface area contributed by atoms with Gasteiger partial charge in [-0.1, -0.05) is 181 Å². The number of hydrogen-bond donors (Lipinski definition) is 0. The minimum atomic E-state index is -4.61. The smallest absolute Gasteiger partial charge is 0.306 e. The molecule has 0 aromatic carbocycles. The standard InChI is InChI=1S/C42H84NO8P/c1-6-8-10-12-14-16-18-20-22-24-26-28-30-32-34-41(44)48-38-40(39-50-52(46,47)49-37-36-43(3,4)5)51-42(45)35-33-31-29-27-25-23-21-19-17-15-13-11-9-7-2/h40H,6-39H2,1-5H3. The van der Waals surface area contributed by atoms with Gasteiger partial charge >= 0.3 is 11.9 Å². The quantitative estimate of drug-likeness (QED) is 0.0263. The second-order valence-electron chi connectivity index (χ2n) is 16.1. The van der Waals surface area contributed by atoms with Gasteiger partial charge in [0, 0.05) is 12.8 Å². The molecule has 0 aliphatic carbocycles. The fraction of sp³-hybridized carbons (Fsp3) is 0.952. The molecule has 2 unspecified atom stereocenters. The summed E-state index contributed by atoms with van der Waals surface area (Å²) in [7, 11) is 1.18. The molecule has 52 heavy (non-hydrogen) atoms. The molecule has 0 spiro atoms. The number of rotatable bonds is 40. The minimum Gasteiger partial charge on any atom is -0.756 e. The Bertz CT molecular complexity index is 865. The summed E-state index contributed by atoms with van der Waals surface area (Å²) in [6, 6.07) is 0. The Morgan fingerprint density at radius 2 is 0.865 bits per heavy atom. The topological polar surface area (TPSA) is 111 Å². The third-order valence-corrected chi connectivity index (χ3v) is 10.6. The highest BCUT2D eigenvalue weighted by Crippen LogP contribution is 2.38. The Labute approximate surface area is 321 Å². The van der Waals surface area contributed by atoms with Crippen LogP contribution in [0.4, 0.5) is 0 Å². The zero-order valence-electron chi connectivity index (χ0n) is 34.8. The molecule has 0 radical (unpaired) electrons. The molecule has 0 rings (SSSR count). The van der Waals surface area contributed by atoms with Gasteiger partial charge in [0.1, 0.15) is 19.8 Å². The molecular formula is C42H84NO8P. The van der Waals surface area contributed by atoms with Crippen LogP contribution in [0.3, 0.4) is 0 Å². The van der Waals surface area contributed by atoms with Gasteiger partial charge in [-0.15, -0.1) is 0 Å². The molecule has 0 aliphatic rings. The van der Waals surface area contributed by atoms with Gasteiger partial charge in [-0.2, -0.15) is 0 Å². The zero-order valence-corrected chi connectivity index (χ0v) is 35.7. The summed E-state index contributed by atoms with van der Waals surface area (Å²) in [6.45, 7) is 4.25. The fourth-order valence-corrected chi connectivity index (χ4v) is 6.91. The second kappa shape index (κ2) is 35.7. The van der Waals surface area contributed by atoms with Crippen LogP contribution in [0.1, 0.15) is 206 Å². The second-order valence-corrected chi connectivity index (χ2v) is 17.5. The van der Waals surface area contributed by atoms with E-state index < -0.39 is 26.5 Å². The average molecular weight is 762 g/mol. The monoisotopic (exact) mass is 762 g/mol. The van der Waals surface area contributed by atoms with Crippen LogP contribution in [0.25, 0.3) is 0 Å². The lowest BCUT2D eigenvalue weighted by atomic mass is 10.0. The first-order chi connectivity index (χ1) is 25.0. The van der Waals surface area contributed by atoms with E-state index in [4.69, 9.17) is 18.5 Å². The maximum atomic E-state index is 12.6. The Kier molecular flexibility index (Phi) is 35.0. The highest BCUT2D eigenvalue weighted by atomic mass is 31.2. The van der Waals surface area contributed by atoms with Gasteiger partial charge in [-0.3, -0.25) is 14.2 Å². The summed E-state index contributed by atoms with van der Waals surface area (Å²) in [4.78, 5) is 37.5. The number of carbonyl (C=O) groups is 2. The van der Waals surface area contributed by atoms with E-state index in [1.807, 2.05) is 21.1 Å². The van der Waals surface area contributed by atoms with Crippen LogP contribution in [-0.2, 0) is 32.7 Å². The van der Waals surface area contributed by atoms with E-state index in [2.05, 4.69) is 13.8 Å². The number of phosphoric acid groups is 1. The van der Waals surface area contributed by atoms with E-state index in [1.54, 1.807) is 0 Å². The molecule has 9 nitrogen and oxygen atoms in total. The summed E-state index contributed by atoms with van der Waals surface area (Å²) < 4.78 is 33.9. The van der Waals surface area contributed by atoms with Crippen LogP contribution in [0.5, 0.6) is 0 Å². The van der Waals surface area contributed by atoms with Crippen molar-refractivity contribution in [1.82, 2.24) is 0 Å². The number of unbranched alkanes of at least 4 members (excludes halogenated alkanes) is 26.